The average Bonchev–Trinajstić information content (AvgIpc) is 2.64. The van der Waals surface area contributed by atoms with Crippen LogP contribution in [0.25, 0.3) is 10.9 Å². The third kappa shape index (κ3) is 2.14. The van der Waals surface area contributed by atoms with Crippen LogP contribution >= 0.6 is 0 Å². The second-order valence-corrected chi connectivity index (χ2v) is 3.68. The molecule has 90 valence electrons. The Labute approximate surface area is 97.2 Å². The van der Waals surface area contributed by atoms with Crippen molar-refractivity contribution in [2.24, 2.45) is 0 Å². The maximum absolute atomic E-state index is 13.0. The zero-order chi connectivity index (χ0) is 12.4. The molecule has 1 heterocycles. The number of fused-ring (bicyclic) bond motifs is 1. The van der Waals surface area contributed by atoms with Gasteiger partial charge in [-0.1, -0.05) is 0 Å². The van der Waals surface area contributed by atoms with Gasteiger partial charge in [0.15, 0.2) is 0 Å². The predicted octanol–water partition coefficient (Wildman–Crippen LogP) is 2.12. The molecule has 0 unspecified atom stereocenters. The molecule has 0 saturated carbocycles. The Morgan fingerprint density at radius 3 is 2.88 bits per heavy atom. The van der Waals surface area contributed by atoms with Crippen molar-refractivity contribution in [2.75, 3.05) is 13.7 Å². The number of ether oxygens (including phenoxy) is 1. The molecular weight excluding hydrogens is 225 g/mol. The van der Waals surface area contributed by atoms with E-state index in [1.54, 1.807) is 17.7 Å². The Balaban J connectivity index is 2.58. The van der Waals surface area contributed by atoms with Crippen LogP contribution in [0.2, 0.25) is 0 Å². The number of hydrogen-bond acceptors (Lipinski definition) is 2. The number of rotatable bonds is 4. The van der Waals surface area contributed by atoms with Crippen LogP contribution in [0.4, 0.5) is 4.39 Å². The van der Waals surface area contributed by atoms with E-state index in [4.69, 9.17) is 9.84 Å². The molecule has 4 nitrogen and oxygen atoms in total. The number of halogens is 1. The molecule has 1 aromatic heterocycles. The van der Waals surface area contributed by atoms with Gasteiger partial charge in [-0.3, -0.25) is 0 Å². The highest BCUT2D eigenvalue weighted by molar-refractivity contribution is 5.94. The quantitative estimate of drug-likeness (QED) is 0.886. The van der Waals surface area contributed by atoms with Crippen LogP contribution in [0.3, 0.4) is 0 Å². The zero-order valence-corrected chi connectivity index (χ0v) is 9.31. The van der Waals surface area contributed by atoms with Crippen LogP contribution in [0.5, 0.6) is 0 Å². The summed E-state index contributed by atoms with van der Waals surface area (Å²) in [5, 5.41) is 9.66. The highest BCUT2D eigenvalue weighted by atomic mass is 19.1. The number of aromatic nitrogens is 1. The van der Waals surface area contributed by atoms with Crippen LogP contribution in [0.15, 0.2) is 24.3 Å². The highest BCUT2D eigenvalue weighted by Crippen LogP contribution is 2.21. The second-order valence-electron chi connectivity index (χ2n) is 3.68. The minimum absolute atomic E-state index is 0.141. The first-order valence-electron chi connectivity index (χ1n) is 5.14. The third-order valence-corrected chi connectivity index (χ3v) is 2.60. The van der Waals surface area contributed by atoms with Gasteiger partial charge in [0.25, 0.3) is 0 Å². The van der Waals surface area contributed by atoms with Gasteiger partial charge >= 0.3 is 5.97 Å². The molecule has 0 aliphatic carbocycles. The van der Waals surface area contributed by atoms with Gasteiger partial charge in [-0.25, -0.2) is 9.18 Å². The molecule has 17 heavy (non-hydrogen) atoms. The first kappa shape index (κ1) is 11.6. The summed E-state index contributed by atoms with van der Waals surface area (Å²) in [6.45, 7) is 0.828. The number of hydrogen-bond donors (Lipinski definition) is 1. The lowest BCUT2D eigenvalue weighted by Gasteiger charge is -2.07. The summed E-state index contributed by atoms with van der Waals surface area (Å²) < 4.78 is 19.6. The summed E-state index contributed by atoms with van der Waals surface area (Å²) >= 11 is 0. The summed E-state index contributed by atoms with van der Waals surface area (Å²) in [7, 11) is 1.55. The Morgan fingerprint density at radius 2 is 2.24 bits per heavy atom. The van der Waals surface area contributed by atoms with Crippen LogP contribution in [0, 0.1) is 5.82 Å². The van der Waals surface area contributed by atoms with Crippen molar-refractivity contribution in [1.82, 2.24) is 4.57 Å². The minimum atomic E-state index is -1.03. The Morgan fingerprint density at radius 1 is 1.47 bits per heavy atom. The smallest absolute Gasteiger partial charge is 0.352 e. The van der Waals surface area contributed by atoms with Gasteiger partial charge in [-0.2, -0.15) is 0 Å². The minimum Gasteiger partial charge on any atom is -0.477 e. The topological polar surface area (TPSA) is 51.5 Å². The monoisotopic (exact) mass is 237 g/mol. The van der Waals surface area contributed by atoms with Gasteiger partial charge in [0, 0.05) is 24.6 Å². The van der Waals surface area contributed by atoms with Crippen molar-refractivity contribution >= 4 is 16.9 Å². The fourth-order valence-corrected chi connectivity index (χ4v) is 1.84. The highest BCUT2D eigenvalue weighted by Gasteiger charge is 2.14. The largest absolute Gasteiger partial charge is 0.477 e. The van der Waals surface area contributed by atoms with Crippen molar-refractivity contribution < 1.29 is 19.0 Å². The number of nitrogens with zero attached hydrogens (tertiary/aromatic N) is 1. The van der Waals surface area contributed by atoms with Crippen molar-refractivity contribution in [3.63, 3.8) is 0 Å². The van der Waals surface area contributed by atoms with E-state index in [-0.39, 0.29) is 11.5 Å². The van der Waals surface area contributed by atoms with E-state index in [1.807, 2.05) is 0 Å². The van der Waals surface area contributed by atoms with Crippen LogP contribution in [-0.2, 0) is 11.3 Å². The maximum Gasteiger partial charge on any atom is 0.352 e. The van der Waals surface area contributed by atoms with Crippen molar-refractivity contribution in [3.8, 4) is 0 Å². The molecule has 0 aliphatic heterocycles. The lowest BCUT2D eigenvalue weighted by molar-refractivity contribution is 0.0683. The van der Waals surface area contributed by atoms with Crippen LogP contribution < -0.4 is 0 Å². The number of aromatic carboxylic acids is 1. The van der Waals surface area contributed by atoms with Crippen molar-refractivity contribution in [3.05, 3.63) is 35.8 Å². The van der Waals surface area contributed by atoms with Gasteiger partial charge in [0.05, 0.1) is 6.61 Å². The molecule has 0 aliphatic rings. The summed E-state index contributed by atoms with van der Waals surface area (Å²) in [6, 6.07) is 5.69. The number of carboxylic acid groups (broad SMARTS) is 1. The molecular formula is C12H12FNO3. The van der Waals surface area contributed by atoms with Gasteiger partial charge in [-0.15, -0.1) is 0 Å². The van der Waals surface area contributed by atoms with Gasteiger partial charge in [0.2, 0.25) is 0 Å². The van der Waals surface area contributed by atoms with E-state index >= 15 is 0 Å². The Hall–Kier alpha value is -1.88. The molecule has 2 rings (SSSR count). The molecule has 0 amide bonds. The molecule has 5 heteroatoms. The molecule has 1 N–H and O–H groups in total. The van der Waals surface area contributed by atoms with Gasteiger partial charge in [-0.05, 0) is 24.3 Å². The van der Waals surface area contributed by atoms with E-state index in [0.717, 1.165) is 0 Å². The lowest BCUT2D eigenvalue weighted by Crippen LogP contribution is -2.11. The second kappa shape index (κ2) is 4.55. The SMILES string of the molecule is COCCn1c(C(=O)O)cc2cc(F)ccc21. The third-order valence-electron chi connectivity index (χ3n) is 2.60. The molecule has 0 fully saturated rings. The van der Waals surface area contributed by atoms with Crippen molar-refractivity contribution in [1.29, 1.82) is 0 Å². The van der Waals surface area contributed by atoms with Crippen molar-refractivity contribution in [2.45, 2.75) is 6.54 Å². The summed E-state index contributed by atoms with van der Waals surface area (Å²) in [5.41, 5.74) is 0.837. The first-order valence-corrected chi connectivity index (χ1v) is 5.14. The number of carbonyl (C=O) groups is 1. The molecule has 0 atom stereocenters. The predicted molar refractivity (Wildman–Crippen MR) is 60.7 cm³/mol. The lowest BCUT2D eigenvalue weighted by atomic mass is 10.2. The van der Waals surface area contributed by atoms with Gasteiger partial charge in [0.1, 0.15) is 11.5 Å². The average molecular weight is 237 g/mol. The van der Waals surface area contributed by atoms with E-state index in [0.29, 0.717) is 24.1 Å². The zero-order valence-electron chi connectivity index (χ0n) is 9.31. The maximum atomic E-state index is 13.0. The molecule has 0 bridgehead atoms. The summed E-state index contributed by atoms with van der Waals surface area (Å²) in [4.78, 5) is 11.1. The normalized spacial score (nSPS) is 10.9. The summed E-state index contributed by atoms with van der Waals surface area (Å²) in [5.74, 6) is -1.41. The molecule has 0 saturated heterocycles. The number of methoxy groups -OCH3 is 1. The fraction of sp³-hybridized carbons (Fsp3) is 0.250. The molecule has 1 aromatic carbocycles. The molecule has 0 radical (unpaired) electrons. The Bertz CT molecular complexity index is 562. The molecule has 2 aromatic rings. The first-order chi connectivity index (χ1) is 8.13. The van der Waals surface area contributed by atoms with E-state index < -0.39 is 5.97 Å². The van der Waals surface area contributed by atoms with Crippen LogP contribution in [0.1, 0.15) is 10.5 Å². The van der Waals surface area contributed by atoms with Gasteiger partial charge < -0.3 is 14.4 Å². The van der Waals surface area contributed by atoms with E-state index in [9.17, 15) is 9.18 Å². The number of carboxylic acids is 1. The van der Waals surface area contributed by atoms with Crippen LogP contribution in [-0.4, -0.2) is 29.4 Å². The van der Waals surface area contributed by atoms with E-state index in [2.05, 4.69) is 0 Å². The molecule has 0 spiro atoms. The standard InChI is InChI=1S/C12H12FNO3/c1-17-5-4-14-10-3-2-9(13)6-8(10)7-11(14)12(15)16/h2-3,6-7H,4-5H2,1H3,(H,15,16). The number of benzene rings is 1. The Kier molecular flexibility index (Phi) is 3.10. The van der Waals surface area contributed by atoms with E-state index in [1.165, 1.54) is 18.2 Å². The fourth-order valence-electron chi connectivity index (χ4n) is 1.84. The summed E-state index contributed by atoms with van der Waals surface area (Å²) in [6.07, 6.45) is 0.